The van der Waals surface area contributed by atoms with E-state index in [9.17, 15) is 8.78 Å². The van der Waals surface area contributed by atoms with Crippen molar-refractivity contribution in [3.8, 4) is 0 Å². The molecule has 0 fully saturated rings. The highest BCUT2D eigenvalue weighted by molar-refractivity contribution is 5.22. The molecule has 0 heterocycles. The molecule has 0 aliphatic rings. The van der Waals surface area contributed by atoms with Crippen LogP contribution in [-0.2, 0) is 6.42 Å². The number of halogens is 2. The summed E-state index contributed by atoms with van der Waals surface area (Å²) >= 11 is 0. The molecule has 1 nitrogen and oxygen atoms in total. The van der Waals surface area contributed by atoms with Crippen LogP contribution in [0.25, 0.3) is 0 Å². The zero-order chi connectivity index (χ0) is 9.68. The minimum absolute atomic E-state index is 0.188. The predicted molar refractivity (Wildman–Crippen MR) is 48.3 cm³/mol. The molecule has 0 aliphatic heterocycles. The molecular weight excluding hydrogens is 172 g/mol. The second kappa shape index (κ2) is 4.72. The Hall–Kier alpha value is -1.22. The lowest BCUT2D eigenvalue weighted by atomic mass is 10.1. The molecule has 0 atom stereocenters. The molecule has 0 amide bonds. The van der Waals surface area contributed by atoms with E-state index in [0.717, 1.165) is 5.56 Å². The molecule has 2 N–H and O–H groups in total. The highest BCUT2D eigenvalue weighted by Gasteiger charge is 1.98. The van der Waals surface area contributed by atoms with Crippen molar-refractivity contribution in [2.45, 2.75) is 6.42 Å². The summed E-state index contributed by atoms with van der Waals surface area (Å²) in [4.78, 5) is 0. The Morgan fingerprint density at radius 2 is 1.92 bits per heavy atom. The topological polar surface area (TPSA) is 26.0 Å². The third-order valence-electron chi connectivity index (χ3n) is 1.76. The molecule has 0 radical (unpaired) electrons. The van der Waals surface area contributed by atoms with Crippen molar-refractivity contribution >= 4 is 0 Å². The Labute approximate surface area is 75.9 Å². The molecular formula is C10H11F2N. The van der Waals surface area contributed by atoms with Gasteiger partial charge in [0.2, 0.25) is 0 Å². The van der Waals surface area contributed by atoms with Crippen molar-refractivity contribution in [1.29, 1.82) is 0 Å². The van der Waals surface area contributed by atoms with Crippen LogP contribution in [0.4, 0.5) is 8.78 Å². The quantitative estimate of drug-likeness (QED) is 0.763. The van der Waals surface area contributed by atoms with Gasteiger partial charge in [-0.1, -0.05) is 12.1 Å². The number of benzene rings is 1. The lowest BCUT2D eigenvalue weighted by molar-refractivity contribution is 0.627. The first-order chi connectivity index (χ1) is 6.26. The summed E-state index contributed by atoms with van der Waals surface area (Å²) in [5.74, 6) is -0.290. The number of nitrogens with two attached hydrogens (primary N) is 1. The van der Waals surface area contributed by atoms with Gasteiger partial charge in [-0.05, 0) is 29.7 Å². The van der Waals surface area contributed by atoms with Crippen LogP contribution >= 0.6 is 0 Å². The van der Waals surface area contributed by atoms with Gasteiger partial charge in [-0.15, -0.1) is 0 Å². The second-order valence-electron chi connectivity index (χ2n) is 2.77. The molecule has 0 spiro atoms. The number of rotatable bonds is 3. The number of hydrogen-bond acceptors (Lipinski definition) is 1. The molecule has 1 rings (SSSR count). The molecule has 70 valence electrons. The molecule has 1 aromatic carbocycles. The summed E-state index contributed by atoms with van der Waals surface area (Å²) in [5.41, 5.74) is 6.64. The van der Waals surface area contributed by atoms with Gasteiger partial charge in [0, 0.05) is 6.54 Å². The fraction of sp³-hybridized carbons (Fsp3) is 0.200. The average Bonchev–Trinajstić information content (AvgIpc) is 2.17. The van der Waals surface area contributed by atoms with E-state index < -0.39 is 0 Å². The van der Waals surface area contributed by atoms with Crippen LogP contribution in [0.15, 0.2) is 36.2 Å². The molecule has 0 unspecified atom stereocenters. The predicted octanol–water partition coefficient (Wildman–Crippen LogP) is 2.18. The summed E-state index contributed by atoms with van der Waals surface area (Å²) in [6.07, 6.45) is 0.941. The van der Waals surface area contributed by atoms with Gasteiger partial charge in [0.1, 0.15) is 5.82 Å². The molecule has 0 aliphatic carbocycles. The van der Waals surface area contributed by atoms with E-state index in [4.69, 9.17) is 5.73 Å². The van der Waals surface area contributed by atoms with E-state index in [1.165, 1.54) is 12.1 Å². The Balaban J connectivity index is 2.69. The van der Waals surface area contributed by atoms with E-state index >= 15 is 0 Å². The fourth-order valence-electron chi connectivity index (χ4n) is 1.02. The Bertz CT molecular complexity index is 290. The van der Waals surface area contributed by atoms with E-state index in [0.29, 0.717) is 18.3 Å². The van der Waals surface area contributed by atoms with Crippen LogP contribution < -0.4 is 5.73 Å². The summed E-state index contributed by atoms with van der Waals surface area (Å²) < 4.78 is 24.6. The van der Waals surface area contributed by atoms with E-state index in [-0.39, 0.29) is 12.4 Å². The van der Waals surface area contributed by atoms with Crippen LogP contribution in [0.1, 0.15) is 5.56 Å². The standard InChI is InChI=1S/C10H11F2N/c11-6-9(7-13)5-8-1-3-10(12)4-2-8/h1-4,6H,5,7,13H2/b9-6-. The maximum atomic E-state index is 12.5. The van der Waals surface area contributed by atoms with Crippen molar-refractivity contribution in [2.75, 3.05) is 6.54 Å². The van der Waals surface area contributed by atoms with Gasteiger partial charge in [0.05, 0.1) is 6.33 Å². The first-order valence-electron chi connectivity index (χ1n) is 3.99. The lowest BCUT2D eigenvalue weighted by Gasteiger charge is -2.02. The van der Waals surface area contributed by atoms with E-state index in [1.807, 2.05) is 0 Å². The summed E-state index contributed by atoms with van der Waals surface area (Å²) in [5, 5.41) is 0. The Morgan fingerprint density at radius 1 is 1.31 bits per heavy atom. The SMILES string of the molecule is NC/C(=C\F)Cc1ccc(F)cc1. The Morgan fingerprint density at radius 3 is 2.38 bits per heavy atom. The Kier molecular flexibility index (Phi) is 3.58. The fourth-order valence-corrected chi connectivity index (χ4v) is 1.02. The van der Waals surface area contributed by atoms with Crippen LogP contribution in [0.5, 0.6) is 0 Å². The van der Waals surface area contributed by atoms with Crippen molar-refractivity contribution in [3.63, 3.8) is 0 Å². The van der Waals surface area contributed by atoms with Crippen LogP contribution in [0.2, 0.25) is 0 Å². The first-order valence-corrected chi connectivity index (χ1v) is 3.99. The van der Waals surface area contributed by atoms with Gasteiger partial charge in [-0.3, -0.25) is 0 Å². The average molecular weight is 183 g/mol. The molecule has 0 aromatic heterocycles. The third-order valence-corrected chi connectivity index (χ3v) is 1.76. The highest BCUT2D eigenvalue weighted by atomic mass is 19.1. The lowest BCUT2D eigenvalue weighted by Crippen LogP contribution is -2.05. The van der Waals surface area contributed by atoms with Gasteiger partial charge >= 0.3 is 0 Å². The van der Waals surface area contributed by atoms with Crippen LogP contribution in [0.3, 0.4) is 0 Å². The maximum absolute atomic E-state index is 12.5. The molecule has 1 aromatic rings. The summed E-state index contributed by atoms with van der Waals surface area (Å²) in [7, 11) is 0. The molecule has 0 bridgehead atoms. The van der Waals surface area contributed by atoms with Crippen LogP contribution in [0, 0.1) is 5.82 Å². The molecule has 0 saturated heterocycles. The second-order valence-corrected chi connectivity index (χ2v) is 2.77. The normalized spacial score (nSPS) is 11.8. The van der Waals surface area contributed by atoms with Crippen molar-refractivity contribution in [3.05, 3.63) is 47.5 Å². The summed E-state index contributed by atoms with van der Waals surface area (Å²) in [6, 6.07) is 5.94. The zero-order valence-electron chi connectivity index (χ0n) is 7.13. The molecule has 3 heteroatoms. The molecule has 0 saturated carbocycles. The van der Waals surface area contributed by atoms with Gasteiger partial charge in [-0.2, -0.15) is 0 Å². The smallest absolute Gasteiger partial charge is 0.123 e. The van der Waals surface area contributed by atoms with Crippen molar-refractivity contribution < 1.29 is 8.78 Å². The number of hydrogen-bond donors (Lipinski definition) is 1. The minimum Gasteiger partial charge on any atom is -0.327 e. The van der Waals surface area contributed by atoms with Gasteiger partial charge in [-0.25, -0.2) is 8.78 Å². The van der Waals surface area contributed by atoms with Crippen molar-refractivity contribution in [1.82, 2.24) is 0 Å². The first kappa shape index (κ1) is 9.86. The van der Waals surface area contributed by atoms with Crippen molar-refractivity contribution in [2.24, 2.45) is 5.73 Å². The monoisotopic (exact) mass is 183 g/mol. The summed E-state index contributed by atoms with van der Waals surface area (Å²) in [6.45, 7) is 0.188. The molecule has 13 heavy (non-hydrogen) atoms. The van der Waals surface area contributed by atoms with Gasteiger partial charge < -0.3 is 5.73 Å². The maximum Gasteiger partial charge on any atom is 0.123 e. The third kappa shape index (κ3) is 2.95. The highest BCUT2D eigenvalue weighted by Crippen LogP contribution is 2.08. The van der Waals surface area contributed by atoms with Crippen LogP contribution in [-0.4, -0.2) is 6.54 Å². The van der Waals surface area contributed by atoms with Gasteiger partial charge in [0.15, 0.2) is 0 Å². The largest absolute Gasteiger partial charge is 0.327 e. The van der Waals surface area contributed by atoms with E-state index in [2.05, 4.69) is 0 Å². The van der Waals surface area contributed by atoms with Gasteiger partial charge in [0.25, 0.3) is 0 Å². The minimum atomic E-state index is -0.290. The zero-order valence-corrected chi connectivity index (χ0v) is 7.13. The van der Waals surface area contributed by atoms with E-state index in [1.54, 1.807) is 12.1 Å².